The number of hydrogen-bond acceptors (Lipinski definition) is 5. The van der Waals surface area contributed by atoms with Crippen LogP contribution >= 0.6 is 0 Å². The van der Waals surface area contributed by atoms with E-state index in [0.29, 0.717) is 30.4 Å². The Labute approximate surface area is 174 Å². The summed E-state index contributed by atoms with van der Waals surface area (Å²) in [6.45, 7) is 6.90. The maximum absolute atomic E-state index is 12.6. The lowest BCUT2D eigenvalue weighted by atomic mass is 10.1. The van der Waals surface area contributed by atoms with E-state index in [1.807, 2.05) is 36.7 Å². The quantitative estimate of drug-likeness (QED) is 0.531. The smallest absolute Gasteiger partial charge is 0.257 e. The van der Waals surface area contributed by atoms with Crippen molar-refractivity contribution < 1.29 is 9.32 Å². The molecule has 4 aromatic rings. The van der Waals surface area contributed by atoms with Crippen LogP contribution in [0.1, 0.15) is 38.7 Å². The molecule has 2 heterocycles. The predicted octanol–water partition coefficient (Wildman–Crippen LogP) is 3.84. The lowest BCUT2D eigenvalue weighted by molar-refractivity contribution is 0.0951. The normalized spacial score (nSPS) is 10.9. The largest absolute Gasteiger partial charge is 0.348 e. The number of carbonyl (C=O) groups excluding carboxylic acids is 1. The average Bonchev–Trinajstić information content (AvgIpc) is 3.30. The summed E-state index contributed by atoms with van der Waals surface area (Å²) in [4.78, 5) is 16.8. The maximum atomic E-state index is 12.6. The van der Waals surface area contributed by atoms with E-state index in [0.717, 1.165) is 22.5 Å². The van der Waals surface area contributed by atoms with Gasteiger partial charge >= 0.3 is 0 Å². The Balaban J connectivity index is 1.42. The summed E-state index contributed by atoms with van der Waals surface area (Å²) in [6.07, 6.45) is 0. The van der Waals surface area contributed by atoms with Crippen molar-refractivity contribution in [1.29, 1.82) is 0 Å². The van der Waals surface area contributed by atoms with Gasteiger partial charge in [0, 0.05) is 28.9 Å². The van der Waals surface area contributed by atoms with E-state index < -0.39 is 0 Å². The fourth-order valence-corrected chi connectivity index (χ4v) is 3.35. The number of benzene rings is 2. The Kier molecular flexibility index (Phi) is 5.43. The minimum atomic E-state index is -0.141. The van der Waals surface area contributed by atoms with Crippen LogP contribution in [-0.2, 0) is 13.1 Å². The molecule has 0 saturated carbocycles. The van der Waals surface area contributed by atoms with Crippen molar-refractivity contribution in [3.05, 3.63) is 88.5 Å². The first kappa shape index (κ1) is 19.6. The van der Waals surface area contributed by atoms with Gasteiger partial charge in [0.15, 0.2) is 5.82 Å². The summed E-state index contributed by atoms with van der Waals surface area (Å²) in [7, 11) is 0. The molecule has 0 aliphatic heterocycles. The number of aromatic nitrogens is 4. The van der Waals surface area contributed by atoms with E-state index >= 15 is 0 Å². The molecule has 7 nitrogen and oxygen atoms in total. The molecule has 2 aromatic carbocycles. The van der Waals surface area contributed by atoms with Gasteiger partial charge in [0.2, 0.25) is 0 Å². The highest BCUT2D eigenvalue weighted by molar-refractivity contribution is 5.94. The Morgan fingerprint density at radius 3 is 2.43 bits per heavy atom. The molecule has 7 heteroatoms. The predicted molar refractivity (Wildman–Crippen MR) is 113 cm³/mol. The summed E-state index contributed by atoms with van der Waals surface area (Å²) in [5.74, 6) is 0.875. The molecule has 4 rings (SSSR count). The summed E-state index contributed by atoms with van der Waals surface area (Å²) in [5.41, 5.74) is 5.56. The van der Waals surface area contributed by atoms with Gasteiger partial charge in [0.25, 0.3) is 11.8 Å². The van der Waals surface area contributed by atoms with Crippen LogP contribution in [0.4, 0.5) is 0 Å². The third-order valence-corrected chi connectivity index (χ3v) is 5.05. The van der Waals surface area contributed by atoms with Crippen LogP contribution in [0, 0.1) is 20.8 Å². The van der Waals surface area contributed by atoms with Gasteiger partial charge in [-0.2, -0.15) is 10.1 Å². The molecule has 1 N–H and O–H groups in total. The van der Waals surface area contributed by atoms with Crippen LogP contribution in [0.15, 0.2) is 59.1 Å². The molecular formula is C23H23N5O2. The van der Waals surface area contributed by atoms with Gasteiger partial charge in [-0.1, -0.05) is 35.5 Å². The molecule has 152 valence electrons. The Bertz CT molecular complexity index is 1160. The molecule has 0 spiro atoms. The highest BCUT2D eigenvalue weighted by atomic mass is 16.5. The van der Waals surface area contributed by atoms with Gasteiger partial charge in [-0.05, 0) is 50.6 Å². The van der Waals surface area contributed by atoms with Gasteiger partial charge in [0.1, 0.15) is 0 Å². The van der Waals surface area contributed by atoms with Gasteiger partial charge < -0.3 is 9.84 Å². The molecule has 0 aliphatic rings. The van der Waals surface area contributed by atoms with Gasteiger partial charge in [-0.25, -0.2) is 0 Å². The lowest BCUT2D eigenvalue weighted by Crippen LogP contribution is -2.23. The first-order chi connectivity index (χ1) is 14.5. The third kappa shape index (κ3) is 4.15. The van der Waals surface area contributed by atoms with E-state index in [4.69, 9.17) is 4.52 Å². The Hall–Kier alpha value is -3.74. The van der Waals surface area contributed by atoms with Crippen LogP contribution in [0.5, 0.6) is 0 Å². The molecule has 0 aliphatic carbocycles. The van der Waals surface area contributed by atoms with Crippen molar-refractivity contribution in [3.63, 3.8) is 0 Å². The van der Waals surface area contributed by atoms with E-state index in [2.05, 4.69) is 32.7 Å². The van der Waals surface area contributed by atoms with E-state index in [1.54, 1.807) is 31.2 Å². The second-order valence-electron chi connectivity index (χ2n) is 7.20. The highest BCUT2D eigenvalue weighted by Crippen LogP contribution is 2.18. The monoisotopic (exact) mass is 401 g/mol. The lowest BCUT2D eigenvalue weighted by Gasteiger charge is -2.08. The molecule has 0 bridgehead atoms. The number of nitrogens with zero attached hydrogens (tertiary/aromatic N) is 4. The second-order valence-corrected chi connectivity index (χ2v) is 7.20. The van der Waals surface area contributed by atoms with Crippen LogP contribution in [0.3, 0.4) is 0 Å². The molecule has 0 radical (unpaired) electrons. The average molecular weight is 401 g/mol. The zero-order valence-electron chi connectivity index (χ0n) is 17.2. The molecule has 0 saturated heterocycles. The van der Waals surface area contributed by atoms with Crippen LogP contribution < -0.4 is 5.32 Å². The van der Waals surface area contributed by atoms with Crippen molar-refractivity contribution in [1.82, 2.24) is 25.2 Å². The van der Waals surface area contributed by atoms with Gasteiger partial charge in [-0.3, -0.25) is 9.48 Å². The SMILES string of the molecule is Cc1noc(-c2ccc(C(=O)NCc3c(C)nn(Cc4ccccc4)c3C)cc2)n1. The molecule has 2 aromatic heterocycles. The van der Waals surface area contributed by atoms with E-state index in [1.165, 1.54) is 5.56 Å². The number of nitrogens with one attached hydrogen (secondary N) is 1. The summed E-state index contributed by atoms with van der Waals surface area (Å²) in [6, 6.07) is 17.3. The third-order valence-electron chi connectivity index (χ3n) is 5.05. The fraction of sp³-hybridized carbons (Fsp3) is 0.217. The van der Waals surface area contributed by atoms with Crippen molar-refractivity contribution in [3.8, 4) is 11.5 Å². The second kappa shape index (κ2) is 8.32. The standard InChI is InChI=1S/C23H23N5O2/c1-15-21(16(2)28(26-15)14-18-7-5-4-6-8-18)13-24-22(29)19-9-11-20(12-10-19)23-25-17(3)27-30-23/h4-12H,13-14H2,1-3H3,(H,24,29). The number of carbonyl (C=O) groups is 1. The molecule has 0 atom stereocenters. The minimum Gasteiger partial charge on any atom is -0.348 e. The van der Waals surface area contributed by atoms with Crippen molar-refractivity contribution in [2.45, 2.75) is 33.9 Å². The Morgan fingerprint density at radius 2 is 1.77 bits per heavy atom. The van der Waals surface area contributed by atoms with Gasteiger partial charge in [-0.15, -0.1) is 0 Å². The zero-order valence-corrected chi connectivity index (χ0v) is 17.2. The highest BCUT2D eigenvalue weighted by Gasteiger charge is 2.14. The molecule has 0 unspecified atom stereocenters. The number of aryl methyl sites for hydroxylation is 2. The summed E-state index contributed by atoms with van der Waals surface area (Å²) < 4.78 is 7.14. The number of amides is 1. The summed E-state index contributed by atoms with van der Waals surface area (Å²) in [5, 5.41) is 11.4. The molecule has 30 heavy (non-hydrogen) atoms. The van der Waals surface area contributed by atoms with Crippen LogP contribution in [-0.4, -0.2) is 25.8 Å². The van der Waals surface area contributed by atoms with Crippen molar-refractivity contribution in [2.75, 3.05) is 0 Å². The first-order valence-corrected chi connectivity index (χ1v) is 9.77. The van der Waals surface area contributed by atoms with Crippen molar-refractivity contribution in [2.24, 2.45) is 0 Å². The molecule has 1 amide bonds. The van der Waals surface area contributed by atoms with Crippen LogP contribution in [0.25, 0.3) is 11.5 Å². The minimum absolute atomic E-state index is 0.141. The topological polar surface area (TPSA) is 85.8 Å². The molecular weight excluding hydrogens is 378 g/mol. The number of rotatable bonds is 6. The van der Waals surface area contributed by atoms with Crippen molar-refractivity contribution >= 4 is 5.91 Å². The maximum Gasteiger partial charge on any atom is 0.257 e. The zero-order chi connectivity index (χ0) is 21.1. The van der Waals surface area contributed by atoms with E-state index in [-0.39, 0.29) is 5.91 Å². The van der Waals surface area contributed by atoms with E-state index in [9.17, 15) is 4.79 Å². The summed E-state index contributed by atoms with van der Waals surface area (Å²) >= 11 is 0. The first-order valence-electron chi connectivity index (χ1n) is 9.77. The fourth-order valence-electron chi connectivity index (χ4n) is 3.35. The number of hydrogen-bond donors (Lipinski definition) is 1. The Morgan fingerprint density at radius 1 is 1.03 bits per heavy atom. The molecule has 0 fully saturated rings. The van der Waals surface area contributed by atoms with Gasteiger partial charge in [0.05, 0.1) is 12.2 Å². The van der Waals surface area contributed by atoms with Crippen LogP contribution in [0.2, 0.25) is 0 Å².